The molecule has 0 radical (unpaired) electrons. The van der Waals surface area contributed by atoms with Gasteiger partial charge in [-0.3, -0.25) is 4.98 Å². The molecule has 2 N–H and O–H groups in total. The number of nitrogens with zero attached hydrogens (tertiary/aromatic N) is 2. The Hall–Kier alpha value is -2.52. The van der Waals surface area contributed by atoms with Crippen molar-refractivity contribution in [2.75, 3.05) is 6.61 Å². The second-order valence-corrected chi connectivity index (χ2v) is 9.41. The number of halogens is 2. The summed E-state index contributed by atoms with van der Waals surface area (Å²) < 4.78 is 10.6. The van der Waals surface area contributed by atoms with E-state index in [-0.39, 0.29) is 50.3 Å². The first-order chi connectivity index (χ1) is 16.2. The third-order valence-corrected chi connectivity index (χ3v) is 6.10. The molecule has 0 spiro atoms. The van der Waals surface area contributed by atoms with Crippen LogP contribution in [0.3, 0.4) is 0 Å². The number of rotatable bonds is 9. The van der Waals surface area contributed by atoms with E-state index in [9.17, 15) is 9.59 Å². The molecule has 0 aliphatic heterocycles. The standard InChI is InChI=1S/C26H31N3O4S.2ClH/c1-6-32-25(30)21-14-34-22(29-21)13-33-26(31)23-17(5)28-20(11-15(2)3)19(12-27)24(23)18-9-7-16(4)8-10-18;;/h7-10,14-15H,6,11-13,27H2,1-5H3;2*1H. The van der Waals surface area contributed by atoms with Crippen LogP contribution in [0, 0.1) is 19.8 Å². The van der Waals surface area contributed by atoms with E-state index in [4.69, 9.17) is 20.2 Å². The Morgan fingerprint density at radius 1 is 1.03 bits per heavy atom. The second-order valence-electron chi connectivity index (χ2n) is 8.46. The van der Waals surface area contributed by atoms with Crippen LogP contribution < -0.4 is 5.73 Å². The van der Waals surface area contributed by atoms with Crippen LogP contribution in [0.4, 0.5) is 0 Å². The summed E-state index contributed by atoms with van der Waals surface area (Å²) in [4.78, 5) is 34.2. The Kier molecular flexibility index (Phi) is 12.5. The first-order valence-electron chi connectivity index (χ1n) is 11.3. The minimum Gasteiger partial charge on any atom is -0.461 e. The van der Waals surface area contributed by atoms with Crippen molar-refractivity contribution in [1.82, 2.24) is 9.97 Å². The van der Waals surface area contributed by atoms with Gasteiger partial charge in [-0.15, -0.1) is 36.2 Å². The molecule has 36 heavy (non-hydrogen) atoms. The summed E-state index contributed by atoms with van der Waals surface area (Å²) >= 11 is 1.24. The van der Waals surface area contributed by atoms with E-state index in [1.54, 1.807) is 12.3 Å². The van der Waals surface area contributed by atoms with E-state index in [2.05, 4.69) is 18.8 Å². The fourth-order valence-electron chi connectivity index (χ4n) is 3.74. The number of hydrogen-bond acceptors (Lipinski definition) is 8. The molecule has 3 aromatic rings. The zero-order valence-electron chi connectivity index (χ0n) is 21.1. The number of pyridine rings is 1. The predicted octanol–water partition coefficient (Wildman–Crippen LogP) is 5.86. The number of benzene rings is 1. The van der Waals surface area contributed by atoms with Gasteiger partial charge in [0.05, 0.1) is 17.9 Å². The molecule has 0 saturated carbocycles. The van der Waals surface area contributed by atoms with Gasteiger partial charge in [-0.2, -0.15) is 0 Å². The quantitative estimate of drug-likeness (QED) is 0.331. The van der Waals surface area contributed by atoms with Gasteiger partial charge < -0.3 is 15.2 Å². The van der Waals surface area contributed by atoms with Crippen molar-refractivity contribution in [3.8, 4) is 11.1 Å². The Labute approximate surface area is 228 Å². The second kappa shape index (κ2) is 14.3. The van der Waals surface area contributed by atoms with Crippen LogP contribution in [0.5, 0.6) is 0 Å². The van der Waals surface area contributed by atoms with Crippen molar-refractivity contribution in [2.24, 2.45) is 11.7 Å². The van der Waals surface area contributed by atoms with Gasteiger partial charge in [-0.1, -0.05) is 43.7 Å². The molecule has 10 heteroatoms. The smallest absolute Gasteiger partial charge is 0.357 e. The van der Waals surface area contributed by atoms with E-state index in [0.29, 0.717) is 22.2 Å². The molecule has 0 aliphatic carbocycles. The molecule has 0 atom stereocenters. The first-order valence-corrected chi connectivity index (χ1v) is 12.2. The lowest BCUT2D eigenvalue weighted by Gasteiger charge is -2.20. The number of aromatic nitrogens is 2. The number of carbonyl (C=O) groups excluding carboxylic acids is 2. The van der Waals surface area contributed by atoms with Gasteiger partial charge in [-0.05, 0) is 44.2 Å². The monoisotopic (exact) mass is 553 g/mol. The fraction of sp³-hybridized carbons (Fsp3) is 0.385. The Balaban J connectivity index is 0.00000324. The summed E-state index contributed by atoms with van der Waals surface area (Å²) in [6, 6.07) is 8.00. The van der Waals surface area contributed by atoms with Gasteiger partial charge >= 0.3 is 11.9 Å². The lowest BCUT2D eigenvalue weighted by atomic mass is 9.90. The summed E-state index contributed by atoms with van der Waals surface area (Å²) in [7, 11) is 0. The summed E-state index contributed by atoms with van der Waals surface area (Å²) in [5.41, 5.74) is 11.9. The Bertz CT molecular complexity index is 1180. The van der Waals surface area contributed by atoms with E-state index in [0.717, 1.165) is 34.4 Å². The highest BCUT2D eigenvalue weighted by Crippen LogP contribution is 2.33. The van der Waals surface area contributed by atoms with Gasteiger partial charge in [0.1, 0.15) is 11.6 Å². The molecule has 2 heterocycles. The van der Waals surface area contributed by atoms with Gasteiger partial charge in [0.25, 0.3) is 0 Å². The number of aryl methyl sites for hydroxylation is 2. The molecule has 0 bridgehead atoms. The maximum atomic E-state index is 13.3. The van der Waals surface area contributed by atoms with Gasteiger partial charge in [0.2, 0.25) is 0 Å². The number of nitrogens with two attached hydrogens (primary N) is 1. The summed E-state index contributed by atoms with van der Waals surface area (Å²) in [5.74, 6) is -0.606. The maximum Gasteiger partial charge on any atom is 0.357 e. The SMILES string of the molecule is CCOC(=O)c1csc(COC(=O)c2c(C)nc(CC(C)C)c(CN)c2-c2ccc(C)cc2)n1.Cl.Cl. The molecule has 0 saturated heterocycles. The number of esters is 2. The molecule has 0 amide bonds. The molecular formula is C26H33Cl2N3O4S. The number of thiazole rings is 1. The molecular weight excluding hydrogens is 521 g/mol. The van der Waals surface area contributed by atoms with Crippen LogP contribution in [0.1, 0.15) is 69.1 Å². The van der Waals surface area contributed by atoms with Crippen molar-refractivity contribution >= 4 is 48.1 Å². The lowest BCUT2D eigenvalue weighted by molar-refractivity contribution is 0.0471. The highest BCUT2D eigenvalue weighted by molar-refractivity contribution is 7.09. The van der Waals surface area contributed by atoms with Crippen molar-refractivity contribution in [3.63, 3.8) is 0 Å². The first kappa shape index (κ1) is 31.5. The number of ether oxygens (including phenoxy) is 2. The molecule has 7 nitrogen and oxygen atoms in total. The van der Waals surface area contributed by atoms with Crippen molar-refractivity contribution in [3.05, 3.63) is 68.4 Å². The van der Waals surface area contributed by atoms with Crippen molar-refractivity contribution in [1.29, 1.82) is 0 Å². The van der Waals surface area contributed by atoms with E-state index >= 15 is 0 Å². The van der Waals surface area contributed by atoms with Crippen LogP contribution in [-0.2, 0) is 29.0 Å². The zero-order chi connectivity index (χ0) is 24.8. The third kappa shape index (κ3) is 7.49. The summed E-state index contributed by atoms with van der Waals surface area (Å²) in [6.07, 6.45) is 0.761. The predicted molar refractivity (Wildman–Crippen MR) is 147 cm³/mol. The highest BCUT2D eigenvalue weighted by Gasteiger charge is 2.25. The van der Waals surface area contributed by atoms with E-state index < -0.39 is 11.9 Å². The molecule has 0 fully saturated rings. The number of carbonyl (C=O) groups is 2. The Morgan fingerprint density at radius 3 is 2.28 bits per heavy atom. The topological polar surface area (TPSA) is 104 Å². The minimum absolute atomic E-state index is 0. The van der Waals surface area contributed by atoms with Crippen molar-refractivity contribution in [2.45, 2.75) is 54.2 Å². The van der Waals surface area contributed by atoms with Gasteiger partial charge in [0.15, 0.2) is 5.69 Å². The maximum absolute atomic E-state index is 13.3. The Morgan fingerprint density at radius 2 is 1.69 bits per heavy atom. The summed E-state index contributed by atoms with van der Waals surface area (Å²) in [6.45, 7) is 10.3. The van der Waals surface area contributed by atoms with Crippen LogP contribution >= 0.6 is 36.2 Å². The summed E-state index contributed by atoms with van der Waals surface area (Å²) in [5, 5.41) is 2.10. The van der Waals surface area contributed by atoms with Gasteiger partial charge in [-0.25, -0.2) is 14.6 Å². The highest BCUT2D eigenvalue weighted by atomic mass is 35.5. The van der Waals surface area contributed by atoms with E-state index in [1.807, 2.05) is 38.1 Å². The number of hydrogen-bond donors (Lipinski definition) is 1. The molecule has 196 valence electrons. The van der Waals surface area contributed by atoms with Crippen LogP contribution in [0.25, 0.3) is 11.1 Å². The van der Waals surface area contributed by atoms with Gasteiger partial charge in [0, 0.05) is 23.2 Å². The molecule has 2 aromatic heterocycles. The van der Waals surface area contributed by atoms with Crippen LogP contribution in [0.15, 0.2) is 29.6 Å². The largest absolute Gasteiger partial charge is 0.461 e. The molecule has 1 aromatic carbocycles. The normalized spacial score (nSPS) is 10.4. The van der Waals surface area contributed by atoms with Crippen LogP contribution in [-0.4, -0.2) is 28.5 Å². The van der Waals surface area contributed by atoms with Crippen LogP contribution in [0.2, 0.25) is 0 Å². The fourth-order valence-corrected chi connectivity index (χ4v) is 4.42. The zero-order valence-corrected chi connectivity index (χ0v) is 23.6. The molecule has 3 rings (SSSR count). The third-order valence-electron chi connectivity index (χ3n) is 5.28. The molecule has 0 aliphatic rings. The molecule has 0 unspecified atom stereocenters. The minimum atomic E-state index is -0.501. The lowest BCUT2D eigenvalue weighted by Crippen LogP contribution is -2.17. The van der Waals surface area contributed by atoms with E-state index in [1.165, 1.54) is 11.3 Å². The average Bonchev–Trinajstić information content (AvgIpc) is 3.27. The average molecular weight is 555 g/mol. The van der Waals surface area contributed by atoms with Crippen molar-refractivity contribution < 1.29 is 19.1 Å².